The van der Waals surface area contributed by atoms with Gasteiger partial charge in [-0.15, -0.1) is 0 Å². The third kappa shape index (κ3) is 2.85. The molecule has 0 saturated carbocycles. The van der Waals surface area contributed by atoms with E-state index in [1.54, 1.807) is 14.2 Å². The zero-order chi connectivity index (χ0) is 18.7. The van der Waals surface area contributed by atoms with Crippen molar-refractivity contribution >= 4 is 11.9 Å². The second-order valence-electron chi connectivity index (χ2n) is 6.67. The van der Waals surface area contributed by atoms with Crippen LogP contribution in [0.15, 0.2) is 54.2 Å². The minimum Gasteiger partial charge on any atom is -0.497 e. The van der Waals surface area contributed by atoms with Gasteiger partial charge in [-0.1, -0.05) is 18.2 Å². The molecule has 0 bridgehead atoms. The lowest BCUT2D eigenvalue weighted by atomic mass is 9.76. The van der Waals surface area contributed by atoms with E-state index >= 15 is 0 Å². The number of allylic oxidation sites excluding steroid dienone is 2. The van der Waals surface area contributed by atoms with Gasteiger partial charge in [0, 0.05) is 29.6 Å². The fraction of sp³-hybridized carbons (Fsp3) is 0.318. The van der Waals surface area contributed by atoms with Gasteiger partial charge < -0.3 is 19.8 Å². The van der Waals surface area contributed by atoms with Gasteiger partial charge in [-0.25, -0.2) is 0 Å². The molecule has 0 aromatic heterocycles. The summed E-state index contributed by atoms with van der Waals surface area (Å²) in [7, 11) is 3.40. The quantitative estimate of drug-likeness (QED) is 0.776. The van der Waals surface area contributed by atoms with Crippen LogP contribution in [0.4, 0.5) is 5.69 Å². The van der Waals surface area contributed by atoms with E-state index in [2.05, 4.69) is 36.9 Å². The molecule has 1 N–H and O–H groups in total. The summed E-state index contributed by atoms with van der Waals surface area (Å²) in [5.41, 5.74) is 4.41. The summed E-state index contributed by atoms with van der Waals surface area (Å²) >= 11 is 0. The van der Waals surface area contributed by atoms with Gasteiger partial charge in [-0.05, 0) is 61.7 Å². The highest BCUT2D eigenvalue weighted by Gasteiger charge is 2.43. The molecule has 1 unspecified atom stereocenters. The van der Waals surface area contributed by atoms with Crippen LogP contribution in [-0.4, -0.2) is 27.0 Å². The molecule has 1 heterocycles. The molecule has 0 radical (unpaired) electrons. The first kappa shape index (κ1) is 18.1. The number of benzene rings is 2. The lowest BCUT2D eigenvalue weighted by Crippen LogP contribution is -2.31. The van der Waals surface area contributed by atoms with Crippen LogP contribution in [-0.2, 0) is 11.8 Å². The average molecular weight is 350 g/mol. The monoisotopic (exact) mass is 350 g/mol. The Morgan fingerprint density at radius 2 is 1.88 bits per heavy atom. The molecule has 26 heavy (non-hydrogen) atoms. The number of para-hydroxylation sites is 1. The highest BCUT2D eigenvalue weighted by Crippen LogP contribution is 2.51. The second-order valence-corrected chi connectivity index (χ2v) is 6.67. The Morgan fingerprint density at radius 1 is 1.12 bits per heavy atom. The summed E-state index contributed by atoms with van der Waals surface area (Å²) in [6.07, 6.45) is 4.07. The first-order valence-corrected chi connectivity index (χ1v) is 8.88. The van der Waals surface area contributed by atoms with Crippen LogP contribution in [0.2, 0.25) is 0 Å². The van der Waals surface area contributed by atoms with Crippen molar-refractivity contribution in [2.75, 3.05) is 25.7 Å². The van der Waals surface area contributed by atoms with Crippen LogP contribution in [0.25, 0.3) is 0 Å². The van der Waals surface area contributed by atoms with Crippen molar-refractivity contribution in [3.63, 3.8) is 0 Å². The lowest BCUT2D eigenvalue weighted by molar-refractivity contribution is 0.403. The van der Waals surface area contributed by atoms with E-state index in [1.165, 1.54) is 17.5 Å². The maximum Gasteiger partial charge on any atom is 0.122 e. The number of hydrogen-bond acceptors (Lipinski definition) is 4. The van der Waals surface area contributed by atoms with Gasteiger partial charge >= 0.3 is 0 Å². The summed E-state index contributed by atoms with van der Waals surface area (Å²) in [6, 6.07) is 14.4. The van der Waals surface area contributed by atoms with Crippen molar-refractivity contribution in [2.45, 2.75) is 25.7 Å². The Labute approximate surface area is 155 Å². The Bertz CT molecular complexity index is 844. The third-order valence-electron chi connectivity index (χ3n) is 5.24. The zero-order valence-electron chi connectivity index (χ0n) is 15.9. The Balaban J connectivity index is 2.19. The third-order valence-corrected chi connectivity index (χ3v) is 5.24. The van der Waals surface area contributed by atoms with E-state index < -0.39 is 0 Å². The number of rotatable bonds is 6. The average Bonchev–Trinajstić information content (AvgIpc) is 2.90. The predicted octanol–water partition coefficient (Wildman–Crippen LogP) is 4.58. The van der Waals surface area contributed by atoms with Crippen molar-refractivity contribution in [2.24, 2.45) is 0 Å². The van der Waals surface area contributed by atoms with Crippen molar-refractivity contribution in [1.29, 1.82) is 5.41 Å². The Hall–Kier alpha value is -2.75. The van der Waals surface area contributed by atoms with Gasteiger partial charge in [-0.3, -0.25) is 0 Å². The molecule has 3 rings (SSSR count). The molecular weight excluding hydrogens is 324 g/mol. The van der Waals surface area contributed by atoms with Crippen LogP contribution in [0.3, 0.4) is 0 Å². The molecule has 4 heteroatoms. The fourth-order valence-corrected chi connectivity index (χ4v) is 3.99. The number of hydrogen-bond donors (Lipinski definition) is 1. The van der Waals surface area contributed by atoms with E-state index in [1.807, 2.05) is 30.3 Å². The van der Waals surface area contributed by atoms with E-state index in [0.29, 0.717) is 0 Å². The van der Waals surface area contributed by atoms with Gasteiger partial charge in [0.15, 0.2) is 0 Å². The number of methoxy groups -OCH3 is 2. The van der Waals surface area contributed by atoms with Crippen LogP contribution in [0, 0.1) is 5.41 Å². The van der Waals surface area contributed by atoms with Crippen molar-refractivity contribution in [3.05, 3.63) is 65.4 Å². The van der Waals surface area contributed by atoms with Crippen LogP contribution in [0.1, 0.15) is 25.0 Å². The van der Waals surface area contributed by atoms with Crippen molar-refractivity contribution in [1.82, 2.24) is 0 Å². The number of likely N-dealkylation sites (N-methyl/N-ethyl adjacent to an activating group) is 1. The van der Waals surface area contributed by atoms with Gasteiger partial charge in [0.05, 0.1) is 14.2 Å². The summed E-state index contributed by atoms with van der Waals surface area (Å²) in [5.74, 6) is 1.74. The van der Waals surface area contributed by atoms with Crippen molar-refractivity contribution < 1.29 is 9.47 Å². The van der Waals surface area contributed by atoms with E-state index in [4.69, 9.17) is 14.9 Å². The highest BCUT2D eigenvalue weighted by atomic mass is 16.5. The van der Waals surface area contributed by atoms with Gasteiger partial charge in [-0.2, -0.15) is 0 Å². The van der Waals surface area contributed by atoms with Gasteiger partial charge in [0.25, 0.3) is 0 Å². The largest absolute Gasteiger partial charge is 0.497 e. The van der Waals surface area contributed by atoms with Gasteiger partial charge in [0.1, 0.15) is 11.5 Å². The summed E-state index contributed by atoms with van der Waals surface area (Å²) in [5, 5.41) is 7.68. The molecule has 2 aromatic carbocycles. The molecule has 0 saturated heterocycles. The SMILES string of the molecule is CCN1/C(=C\C=N)C(C)(Cc2ccccc2OC)c2cc(OC)ccc21. The van der Waals surface area contributed by atoms with Crippen molar-refractivity contribution in [3.8, 4) is 11.5 Å². The standard InChI is InChI=1S/C22H26N2O2/c1-5-24-19-11-10-17(25-3)14-18(19)22(2,21(24)12-13-23)15-16-8-6-7-9-20(16)26-4/h6-14,23H,5,15H2,1-4H3/b21-12-,23-13?. The van der Waals surface area contributed by atoms with E-state index in [9.17, 15) is 0 Å². The number of ether oxygens (including phenoxy) is 2. The Morgan fingerprint density at radius 3 is 2.54 bits per heavy atom. The van der Waals surface area contributed by atoms with Crippen LogP contribution in [0.5, 0.6) is 11.5 Å². The van der Waals surface area contributed by atoms with E-state index in [-0.39, 0.29) is 5.41 Å². The first-order valence-electron chi connectivity index (χ1n) is 8.88. The number of anilines is 1. The molecule has 0 aliphatic carbocycles. The lowest BCUT2D eigenvalue weighted by Gasteiger charge is -2.30. The summed E-state index contributed by atoms with van der Waals surface area (Å²) in [4.78, 5) is 2.29. The number of fused-ring (bicyclic) bond motifs is 1. The smallest absolute Gasteiger partial charge is 0.122 e. The topological polar surface area (TPSA) is 45.6 Å². The normalized spacial score (nSPS) is 20.2. The molecule has 0 spiro atoms. The molecule has 0 fully saturated rings. The minimum absolute atomic E-state index is 0.272. The second kappa shape index (κ2) is 7.24. The number of nitrogens with one attached hydrogen (secondary N) is 1. The van der Waals surface area contributed by atoms with Crippen LogP contribution < -0.4 is 14.4 Å². The summed E-state index contributed by atoms with van der Waals surface area (Å²) < 4.78 is 11.1. The summed E-state index contributed by atoms with van der Waals surface area (Å²) in [6.45, 7) is 5.23. The van der Waals surface area contributed by atoms with Gasteiger partial charge in [0.2, 0.25) is 0 Å². The number of nitrogens with zero attached hydrogens (tertiary/aromatic N) is 1. The maximum atomic E-state index is 7.68. The molecule has 1 aliphatic rings. The molecule has 2 aromatic rings. The predicted molar refractivity (Wildman–Crippen MR) is 107 cm³/mol. The zero-order valence-corrected chi connectivity index (χ0v) is 15.9. The Kier molecular flexibility index (Phi) is 5.03. The van der Waals surface area contributed by atoms with Crippen LogP contribution >= 0.6 is 0 Å². The van der Waals surface area contributed by atoms with E-state index in [0.717, 1.165) is 35.7 Å². The minimum atomic E-state index is -0.272. The first-order chi connectivity index (χ1) is 12.6. The molecular formula is C22H26N2O2. The molecule has 1 aliphatic heterocycles. The fourth-order valence-electron chi connectivity index (χ4n) is 3.99. The molecule has 1 atom stereocenters. The molecule has 136 valence electrons. The molecule has 0 amide bonds. The highest BCUT2D eigenvalue weighted by molar-refractivity contribution is 5.79. The molecule has 4 nitrogen and oxygen atoms in total. The maximum absolute atomic E-state index is 7.68.